The van der Waals surface area contributed by atoms with Crippen LogP contribution < -0.4 is 15.8 Å². The number of nitrogens with two attached hydrogens (primary N) is 1. The quantitative estimate of drug-likeness (QED) is 0.795. The highest BCUT2D eigenvalue weighted by molar-refractivity contribution is 5.85. The fourth-order valence-electron chi connectivity index (χ4n) is 1.50. The molecule has 1 unspecified atom stereocenters. The van der Waals surface area contributed by atoms with Gasteiger partial charge in [-0.05, 0) is 24.6 Å². The third-order valence-electron chi connectivity index (χ3n) is 2.45. The zero-order chi connectivity index (χ0) is 14.3. The van der Waals surface area contributed by atoms with Crippen LogP contribution in [0.15, 0.2) is 18.2 Å². The van der Waals surface area contributed by atoms with E-state index in [1.54, 1.807) is 13.0 Å². The van der Waals surface area contributed by atoms with Crippen molar-refractivity contribution >= 4 is 18.3 Å². The molecule has 0 saturated heterocycles. The Morgan fingerprint density at radius 2 is 2.20 bits per heavy atom. The standard InChI is InChI=1S/C13H19FN2O3.ClH/c1-3-19-12-5-4-9(6-10(12)14)7-16-13(17)11(15)8-18-2;/h4-6,11H,3,7-8,15H2,1-2H3,(H,16,17);1H. The molecule has 20 heavy (non-hydrogen) atoms. The van der Waals surface area contributed by atoms with Crippen LogP contribution in [-0.4, -0.2) is 32.3 Å². The minimum Gasteiger partial charge on any atom is -0.491 e. The molecule has 7 heteroatoms. The van der Waals surface area contributed by atoms with Crippen molar-refractivity contribution in [3.63, 3.8) is 0 Å². The SMILES string of the molecule is CCOc1ccc(CNC(=O)C(N)COC)cc1F.Cl. The first-order chi connectivity index (χ1) is 9.08. The largest absolute Gasteiger partial charge is 0.491 e. The van der Waals surface area contributed by atoms with E-state index in [1.165, 1.54) is 19.2 Å². The molecule has 3 N–H and O–H groups in total. The van der Waals surface area contributed by atoms with Crippen LogP contribution in [0.5, 0.6) is 5.75 Å². The van der Waals surface area contributed by atoms with E-state index in [9.17, 15) is 9.18 Å². The Balaban J connectivity index is 0.00000361. The topological polar surface area (TPSA) is 73.6 Å². The zero-order valence-corrected chi connectivity index (χ0v) is 12.3. The highest BCUT2D eigenvalue weighted by Gasteiger charge is 2.12. The number of methoxy groups -OCH3 is 1. The number of nitrogens with one attached hydrogen (secondary N) is 1. The first-order valence-corrected chi connectivity index (χ1v) is 6.02. The molecule has 1 amide bonds. The van der Waals surface area contributed by atoms with Crippen LogP contribution in [0.25, 0.3) is 0 Å². The van der Waals surface area contributed by atoms with E-state index in [1.807, 2.05) is 0 Å². The summed E-state index contributed by atoms with van der Waals surface area (Å²) in [5.74, 6) is -0.584. The van der Waals surface area contributed by atoms with Crippen LogP contribution >= 0.6 is 12.4 Å². The van der Waals surface area contributed by atoms with Gasteiger partial charge in [-0.1, -0.05) is 6.07 Å². The average Bonchev–Trinajstić information content (AvgIpc) is 2.39. The molecule has 0 spiro atoms. The second-order valence-electron chi connectivity index (χ2n) is 3.98. The number of halogens is 2. The molecular formula is C13H20ClFN2O3. The molecule has 1 aromatic carbocycles. The predicted octanol–water partition coefficient (Wildman–Crippen LogP) is 1.24. The van der Waals surface area contributed by atoms with Crippen LogP contribution in [0.3, 0.4) is 0 Å². The maximum absolute atomic E-state index is 13.6. The molecule has 0 saturated carbocycles. The molecule has 1 atom stereocenters. The van der Waals surface area contributed by atoms with Crippen LogP contribution in [0.4, 0.5) is 4.39 Å². The third kappa shape index (κ3) is 5.73. The average molecular weight is 307 g/mol. The monoisotopic (exact) mass is 306 g/mol. The van der Waals surface area contributed by atoms with Crippen LogP contribution in [0, 0.1) is 5.82 Å². The van der Waals surface area contributed by atoms with Gasteiger partial charge < -0.3 is 20.5 Å². The summed E-state index contributed by atoms with van der Waals surface area (Å²) >= 11 is 0. The molecule has 0 aliphatic heterocycles. The van der Waals surface area contributed by atoms with Crippen molar-refractivity contribution in [3.05, 3.63) is 29.6 Å². The number of hydrogen-bond donors (Lipinski definition) is 2. The first-order valence-electron chi connectivity index (χ1n) is 6.02. The summed E-state index contributed by atoms with van der Waals surface area (Å²) in [6.07, 6.45) is 0. The molecule has 0 aromatic heterocycles. The van der Waals surface area contributed by atoms with Crippen molar-refractivity contribution in [1.82, 2.24) is 5.32 Å². The summed E-state index contributed by atoms with van der Waals surface area (Å²) in [6, 6.07) is 3.83. The summed E-state index contributed by atoms with van der Waals surface area (Å²) in [4.78, 5) is 11.5. The maximum Gasteiger partial charge on any atom is 0.239 e. The van der Waals surface area contributed by atoms with Crippen LogP contribution in [0.1, 0.15) is 12.5 Å². The minimum atomic E-state index is -0.724. The number of amides is 1. The molecule has 1 rings (SSSR count). The Morgan fingerprint density at radius 3 is 2.75 bits per heavy atom. The van der Waals surface area contributed by atoms with Crippen LogP contribution in [0.2, 0.25) is 0 Å². The Kier molecular flexibility index (Phi) is 8.87. The Hall–Kier alpha value is -1.37. The van der Waals surface area contributed by atoms with E-state index in [2.05, 4.69) is 5.32 Å². The summed E-state index contributed by atoms with van der Waals surface area (Å²) in [5.41, 5.74) is 6.19. The number of hydrogen-bond acceptors (Lipinski definition) is 4. The summed E-state index contributed by atoms with van der Waals surface area (Å²) < 4.78 is 23.4. The summed E-state index contributed by atoms with van der Waals surface area (Å²) in [6.45, 7) is 2.53. The lowest BCUT2D eigenvalue weighted by atomic mass is 10.2. The molecule has 0 fully saturated rings. The molecule has 0 aliphatic rings. The third-order valence-corrected chi connectivity index (χ3v) is 2.45. The number of carbonyl (C=O) groups is 1. The fraction of sp³-hybridized carbons (Fsp3) is 0.462. The maximum atomic E-state index is 13.6. The highest BCUT2D eigenvalue weighted by Crippen LogP contribution is 2.18. The summed E-state index contributed by atoms with van der Waals surface area (Å²) in [7, 11) is 1.47. The lowest BCUT2D eigenvalue weighted by Crippen LogP contribution is -2.43. The number of rotatable bonds is 7. The van der Waals surface area contributed by atoms with E-state index in [4.69, 9.17) is 15.2 Å². The van der Waals surface area contributed by atoms with Gasteiger partial charge >= 0.3 is 0 Å². The molecule has 114 valence electrons. The normalized spacial score (nSPS) is 11.4. The lowest BCUT2D eigenvalue weighted by Gasteiger charge is -2.12. The summed E-state index contributed by atoms with van der Waals surface area (Å²) in [5, 5.41) is 2.61. The second kappa shape index (κ2) is 9.52. The van der Waals surface area contributed by atoms with Gasteiger partial charge in [0.2, 0.25) is 5.91 Å². The van der Waals surface area contributed by atoms with Gasteiger partial charge in [0, 0.05) is 13.7 Å². The minimum absolute atomic E-state index is 0. The van der Waals surface area contributed by atoms with Crippen LogP contribution in [-0.2, 0) is 16.1 Å². The van der Waals surface area contributed by atoms with E-state index < -0.39 is 11.9 Å². The van der Waals surface area contributed by atoms with Gasteiger partial charge in [-0.15, -0.1) is 12.4 Å². The van der Waals surface area contributed by atoms with Crippen molar-refractivity contribution in [3.8, 4) is 5.75 Å². The van der Waals surface area contributed by atoms with E-state index in [0.29, 0.717) is 12.2 Å². The smallest absolute Gasteiger partial charge is 0.239 e. The van der Waals surface area contributed by atoms with Crippen molar-refractivity contribution in [2.45, 2.75) is 19.5 Å². The Labute approximate surface area is 124 Å². The Morgan fingerprint density at radius 1 is 1.50 bits per heavy atom. The number of benzene rings is 1. The van der Waals surface area contributed by atoms with E-state index >= 15 is 0 Å². The first kappa shape index (κ1) is 18.6. The van der Waals surface area contributed by atoms with E-state index in [-0.39, 0.29) is 37.2 Å². The molecular weight excluding hydrogens is 287 g/mol. The number of carbonyl (C=O) groups excluding carboxylic acids is 1. The zero-order valence-electron chi connectivity index (χ0n) is 11.5. The van der Waals surface area contributed by atoms with Gasteiger partial charge in [-0.2, -0.15) is 0 Å². The molecule has 0 heterocycles. The lowest BCUT2D eigenvalue weighted by molar-refractivity contribution is -0.123. The van der Waals surface area contributed by atoms with Crippen molar-refractivity contribution in [2.24, 2.45) is 5.73 Å². The molecule has 5 nitrogen and oxygen atoms in total. The van der Waals surface area contributed by atoms with Gasteiger partial charge in [0.1, 0.15) is 6.04 Å². The van der Waals surface area contributed by atoms with E-state index in [0.717, 1.165) is 0 Å². The predicted molar refractivity (Wildman–Crippen MR) is 76.5 cm³/mol. The van der Waals surface area contributed by atoms with Gasteiger partial charge in [-0.25, -0.2) is 4.39 Å². The fourth-order valence-corrected chi connectivity index (χ4v) is 1.50. The Bertz CT molecular complexity index is 432. The molecule has 0 radical (unpaired) electrons. The van der Waals surface area contributed by atoms with Crippen molar-refractivity contribution < 1.29 is 18.7 Å². The molecule has 1 aromatic rings. The van der Waals surface area contributed by atoms with Gasteiger partial charge in [0.25, 0.3) is 0 Å². The molecule has 0 aliphatic carbocycles. The van der Waals surface area contributed by atoms with Gasteiger partial charge in [0.15, 0.2) is 11.6 Å². The van der Waals surface area contributed by atoms with Gasteiger partial charge in [-0.3, -0.25) is 4.79 Å². The number of ether oxygens (including phenoxy) is 2. The van der Waals surface area contributed by atoms with Gasteiger partial charge in [0.05, 0.1) is 13.2 Å². The van der Waals surface area contributed by atoms with Crippen molar-refractivity contribution in [1.29, 1.82) is 0 Å². The highest BCUT2D eigenvalue weighted by atomic mass is 35.5. The second-order valence-corrected chi connectivity index (χ2v) is 3.98. The molecule has 0 bridgehead atoms. The van der Waals surface area contributed by atoms with Crippen molar-refractivity contribution in [2.75, 3.05) is 20.3 Å².